The molecule has 22 heavy (non-hydrogen) atoms. The molecule has 0 N–H and O–H groups in total. The molecular formula is C16H12ClFN2OS. The average molecular weight is 335 g/mol. The Balaban J connectivity index is 1.80. The fourth-order valence-corrected chi connectivity index (χ4v) is 3.02. The maximum absolute atomic E-state index is 13.7. The lowest BCUT2D eigenvalue weighted by molar-refractivity contribution is 0.509. The third kappa shape index (κ3) is 3.31. The number of benzene rings is 2. The van der Waals surface area contributed by atoms with Gasteiger partial charge in [0.15, 0.2) is 0 Å². The molecule has 0 aliphatic carbocycles. The van der Waals surface area contributed by atoms with Crippen molar-refractivity contribution in [3.63, 3.8) is 0 Å². The summed E-state index contributed by atoms with van der Waals surface area (Å²) in [6, 6.07) is 13.8. The highest BCUT2D eigenvalue weighted by Crippen LogP contribution is 2.36. The number of thioether (sulfide) groups is 1. The molecule has 0 aliphatic heterocycles. The Morgan fingerprint density at radius 3 is 2.73 bits per heavy atom. The van der Waals surface area contributed by atoms with Crippen LogP contribution in [0.4, 0.5) is 4.39 Å². The number of aromatic nitrogens is 2. The fourth-order valence-electron chi connectivity index (χ4n) is 1.92. The van der Waals surface area contributed by atoms with Crippen molar-refractivity contribution in [1.82, 2.24) is 10.2 Å². The minimum Gasteiger partial charge on any atom is -0.419 e. The highest BCUT2D eigenvalue weighted by atomic mass is 35.5. The third-order valence-corrected chi connectivity index (χ3v) is 4.38. The second-order valence-corrected chi connectivity index (χ2v) is 6.47. The zero-order chi connectivity index (χ0) is 15.5. The molecule has 3 aromatic rings. The van der Waals surface area contributed by atoms with Crippen molar-refractivity contribution in [3.05, 3.63) is 65.3 Å². The smallest absolute Gasteiger partial charge is 0.247 e. The molecule has 3 rings (SSSR count). The average Bonchev–Trinajstić information content (AvgIpc) is 2.99. The van der Waals surface area contributed by atoms with Crippen molar-refractivity contribution in [3.8, 4) is 11.5 Å². The van der Waals surface area contributed by atoms with Gasteiger partial charge < -0.3 is 4.42 Å². The summed E-state index contributed by atoms with van der Waals surface area (Å²) in [4.78, 5) is 0.553. The summed E-state index contributed by atoms with van der Waals surface area (Å²) in [6.45, 7) is 1.90. The van der Waals surface area contributed by atoms with E-state index in [0.29, 0.717) is 21.7 Å². The van der Waals surface area contributed by atoms with Gasteiger partial charge in [0.05, 0.1) is 5.25 Å². The largest absolute Gasteiger partial charge is 0.419 e. The molecule has 0 unspecified atom stereocenters. The number of hydrogen-bond acceptors (Lipinski definition) is 4. The lowest BCUT2D eigenvalue weighted by Crippen LogP contribution is -1.90. The molecule has 112 valence electrons. The SMILES string of the molecule is C[C@H](Sc1ccccc1F)c1nnc(-c2cccc(Cl)c2)o1. The van der Waals surface area contributed by atoms with Crippen LogP contribution in [0.2, 0.25) is 5.02 Å². The second-order valence-electron chi connectivity index (χ2n) is 4.65. The van der Waals surface area contributed by atoms with Crippen LogP contribution in [0.3, 0.4) is 0 Å². The second kappa shape index (κ2) is 6.50. The lowest BCUT2D eigenvalue weighted by atomic mass is 10.2. The van der Waals surface area contributed by atoms with E-state index in [-0.39, 0.29) is 11.1 Å². The van der Waals surface area contributed by atoms with Gasteiger partial charge in [-0.2, -0.15) is 0 Å². The summed E-state index contributed by atoms with van der Waals surface area (Å²) in [7, 11) is 0. The van der Waals surface area contributed by atoms with Gasteiger partial charge in [-0.3, -0.25) is 0 Å². The Kier molecular flexibility index (Phi) is 4.45. The van der Waals surface area contributed by atoms with Gasteiger partial charge in [-0.1, -0.05) is 29.8 Å². The van der Waals surface area contributed by atoms with Crippen molar-refractivity contribution in [1.29, 1.82) is 0 Å². The Bertz CT molecular complexity index is 793. The minimum absolute atomic E-state index is 0.155. The van der Waals surface area contributed by atoms with Gasteiger partial charge in [0.1, 0.15) is 5.82 Å². The van der Waals surface area contributed by atoms with Crippen molar-refractivity contribution < 1.29 is 8.81 Å². The summed E-state index contributed by atoms with van der Waals surface area (Å²) in [5.41, 5.74) is 0.759. The highest BCUT2D eigenvalue weighted by Gasteiger charge is 2.17. The van der Waals surface area contributed by atoms with E-state index in [9.17, 15) is 4.39 Å². The first-order valence-corrected chi connectivity index (χ1v) is 7.90. The molecule has 6 heteroatoms. The maximum atomic E-state index is 13.7. The first kappa shape index (κ1) is 15.1. The molecule has 1 aromatic heterocycles. The lowest BCUT2D eigenvalue weighted by Gasteiger charge is -2.07. The molecule has 0 spiro atoms. The molecule has 0 radical (unpaired) electrons. The quantitative estimate of drug-likeness (QED) is 0.600. The number of nitrogens with zero attached hydrogens (tertiary/aromatic N) is 2. The van der Waals surface area contributed by atoms with Crippen LogP contribution in [-0.2, 0) is 0 Å². The molecule has 0 saturated carbocycles. The Morgan fingerprint density at radius 1 is 1.14 bits per heavy atom. The normalized spacial score (nSPS) is 12.3. The van der Waals surface area contributed by atoms with Gasteiger partial charge in [-0.05, 0) is 37.3 Å². The minimum atomic E-state index is -0.256. The van der Waals surface area contributed by atoms with Gasteiger partial charge >= 0.3 is 0 Å². The summed E-state index contributed by atoms with van der Waals surface area (Å²) in [6.07, 6.45) is 0. The summed E-state index contributed by atoms with van der Waals surface area (Å²) in [5.74, 6) is 0.593. The van der Waals surface area contributed by atoms with E-state index in [1.54, 1.807) is 30.3 Å². The van der Waals surface area contributed by atoms with Crippen LogP contribution in [0.25, 0.3) is 11.5 Å². The van der Waals surface area contributed by atoms with Crippen molar-refractivity contribution in [2.24, 2.45) is 0 Å². The topological polar surface area (TPSA) is 38.9 Å². The molecule has 0 amide bonds. The zero-order valence-electron chi connectivity index (χ0n) is 11.7. The van der Waals surface area contributed by atoms with E-state index in [1.807, 2.05) is 19.1 Å². The van der Waals surface area contributed by atoms with Gasteiger partial charge in [0.25, 0.3) is 0 Å². The molecule has 2 aromatic carbocycles. The molecule has 3 nitrogen and oxygen atoms in total. The first-order chi connectivity index (χ1) is 10.6. The predicted molar refractivity (Wildman–Crippen MR) is 85.4 cm³/mol. The molecular weight excluding hydrogens is 323 g/mol. The highest BCUT2D eigenvalue weighted by molar-refractivity contribution is 7.99. The van der Waals surface area contributed by atoms with E-state index in [4.69, 9.17) is 16.0 Å². The van der Waals surface area contributed by atoms with Gasteiger partial charge in [0, 0.05) is 15.5 Å². The molecule has 1 heterocycles. The Labute approximate surface area is 136 Å². The van der Waals surface area contributed by atoms with Crippen LogP contribution in [0, 0.1) is 5.82 Å². The van der Waals surface area contributed by atoms with Crippen LogP contribution >= 0.6 is 23.4 Å². The van der Waals surface area contributed by atoms with E-state index in [1.165, 1.54) is 17.8 Å². The molecule has 1 atom stereocenters. The Hall–Kier alpha value is -1.85. The summed E-state index contributed by atoms with van der Waals surface area (Å²) in [5, 5.41) is 8.52. The van der Waals surface area contributed by atoms with Crippen LogP contribution in [0.15, 0.2) is 57.8 Å². The van der Waals surface area contributed by atoms with Crippen LogP contribution in [0.1, 0.15) is 18.1 Å². The summed E-state index contributed by atoms with van der Waals surface area (Å²) >= 11 is 7.29. The predicted octanol–water partition coefficient (Wildman–Crippen LogP) is 5.38. The van der Waals surface area contributed by atoms with E-state index < -0.39 is 0 Å². The molecule has 0 bridgehead atoms. The fraction of sp³-hybridized carbons (Fsp3) is 0.125. The number of halogens is 2. The first-order valence-electron chi connectivity index (χ1n) is 6.64. The zero-order valence-corrected chi connectivity index (χ0v) is 13.2. The van der Waals surface area contributed by atoms with Crippen molar-refractivity contribution in [2.75, 3.05) is 0 Å². The number of rotatable bonds is 4. The van der Waals surface area contributed by atoms with E-state index >= 15 is 0 Å². The molecule has 0 aliphatic rings. The maximum Gasteiger partial charge on any atom is 0.247 e. The molecule has 0 fully saturated rings. The van der Waals surface area contributed by atoms with Crippen LogP contribution in [-0.4, -0.2) is 10.2 Å². The monoisotopic (exact) mass is 334 g/mol. The number of hydrogen-bond donors (Lipinski definition) is 0. The van der Waals surface area contributed by atoms with Crippen LogP contribution < -0.4 is 0 Å². The molecule has 0 saturated heterocycles. The van der Waals surface area contributed by atoms with E-state index in [0.717, 1.165) is 5.56 Å². The van der Waals surface area contributed by atoms with Crippen molar-refractivity contribution >= 4 is 23.4 Å². The Morgan fingerprint density at radius 2 is 1.95 bits per heavy atom. The van der Waals surface area contributed by atoms with Gasteiger partial charge in [0.2, 0.25) is 11.8 Å². The van der Waals surface area contributed by atoms with Crippen molar-refractivity contribution in [2.45, 2.75) is 17.1 Å². The standard InChI is InChI=1S/C16H12ClFN2OS/c1-10(22-14-8-3-2-7-13(14)18)15-19-20-16(21-15)11-5-4-6-12(17)9-11/h2-10H,1H3/t10-/m0/s1. The van der Waals surface area contributed by atoms with Gasteiger partial charge in [-0.15, -0.1) is 22.0 Å². The summed E-state index contributed by atoms with van der Waals surface area (Å²) < 4.78 is 19.4. The van der Waals surface area contributed by atoms with E-state index in [2.05, 4.69) is 10.2 Å². The third-order valence-electron chi connectivity index (χ3n) is 3.00. The van der Waals surface area contributed by atoms with Crippen LogP contribution in [0.5, 0.6) is 0 Å². The van der Waals surface area contributed by atoms with Gasteiger partial charge in [-0.25, -0.2) is 4.39 Å².